The second-order valence-electron chi connectivity index (χ2n) is 7.15. The van der Waals surface area contributed by atoms with E-state index in [0.717, 1.165) is 16.7 Å². The lowest BCUT2D eigenvalue weighted by molar-refractivity contribution is -0.122. The van der Waals surface area contributed by atoms with E-state index in [0.29, 0.717) is 15.6 Å². The summed E-state index contributed by atoms with van der Waals surface area (Å²) in [6.45, 7) is 6.25. The molecule has 3 aromatic rings. The summed E-state index contributed by atoms with van der Waals surface area (Å²) >= 11 is 11.3. The van der Waals surface area contributed by atoms with Crippen LogP contribution < -0.4 is 5.32 Å². The van der Waals surface area contributed by atoms with Crippen molar-refractivity contribution in [3.63, 3.8) is 0 Å². The van der Waals surface area contributed by atoms with Crippen molar-refractivity contribution in [3.8, 4) is 11.4 Å². The van der Waals surface area contributed by atoms with Crippen molar-refractivity contribution >= 4 is 29.7 Å². The molecule has 5 nitrogen and oxygen atoms in total. The minimum absolute atomic E-state index is 0.0927. The monoisotopic (exact) mass is 414 g/mol. The van der Waals surface area contributed by atoms with Crippen LogP contribution in [0.5, 0.6) is 0 Å². The molecule has 0 radical (unpaired) electrons. The Morgan fingerprint density at radius 2 is 1.96 bits per heavy atom. The molecule has 0 aliphatic heterocycles. The minimum Gasteiger partial charge on any atom is -0.347 e. The number of aromatic nitrogens is 3. The summed E-state index contributed by atoms with van der Waals surface area (Å²) in [5, 5.41) is 10.9. The van der Waals surface area contributed by atoms with Crippen LogP contribution in [0.25, 0.3) is 11.4 Å². The number of carbonyl (C=O) groups is 1. The molecule has 146 valence electrons. The lowest BCUT2D eigenvalue weighted by Gasteiger charge is -2.23. The predicted molar refractivity (Wildman–Crippen MR) is 115 cm³/mol. The predicted octanol–water partition coefficient (Wildman–Crippen LogP) is 5.08. The van der Waals surface area contributed by atoms with Gasteiger partial charge >= 0.3 is 0 Å². The van der Waals surface area contributed by atoms with Crippen molar-refractivity contribution in [1.29, 1.82) is 0 Å². The van der Waals surface area contributed by atoms with Crippen LogP contribution in [0, 0.1) is 17.6 Å². The van der Waals surface area contributed by atoms with Gasteiger partial charge in [0.25, 0.3) is 0 Å². The van der Waals surface area contributed by atoms with E-state index in [4.69, 9.17) is 23.8 Å². The van der Waals surface area contributed by atoms with Crippen LogP contribution in [0.2, 0.25) is 5.02 Å². The van der Waals surface area contributed by atoms with E-state index >= 15 is 0 Å². The van der Waals surface area contributed by atoms with Crippen LogP contribution in [-0.4, -0.2) is 20.7 Å². The fourth-order valence-corrected chi connectivity index (χ4v) is 3.46. The van der Waals surface area contributed by atoms with Crippen LogP contribution in [0.15, 0.2) is 48.5 Å². The number of carbonyl (C=O) groups excluding carboxylic acids is 1. The topological polar surface area (TPSA) is 62.7 Å². The molecular weight excluding hydrogens is 392 g/mol. The second-order valence-corrected chi connectivity index (χ2v) is 7.97. The third kappa shape index (κ3) is 4.69. The van der Waals surface area contributed by atoms with Gasteiger partial charge in [-0.3, -0.25) is 14.5 Å². The summed E-state index contributed by atoms with van der Waals surface area (Å²) in [4.78, 5) is 12.8. The zero-order chi connectivity index (χ0) is 20.3. The van der Waals surface area contributed by atoms with Crippen LogP contribution in [0.1, 0.15) is 31.0 Å². The van der Waals surface area contributed by atoms with E-state index in [1.807, 2.05) is 55.5 Å². The van der Waals surface area contributed by atoms with Gasteiger partial charge in [0.15, 0.2) is 10.6 Å². The van der Waals surface area contributed by atoms with E-state index in [2.05, 4.69) is 29.4 Å². The standard InChI is InChI=1S/C21H23ClN4OS/c1-13(2)19(15-7-9-17(22)10-8-15)23-18(27)12-26-20(24-25-21(26)28)16-6-4-5-14(3)11-16/h4-11,13,19H,12H2,1-3H3,(H,23,27)(H,25,28). The summed E-state index contributed by atoms with van der Waals surface area (Å²) < 4.78 is 2.14. The van der Waals surface area contributed by atoms with E-state index in [-0.39, 0.29) is 24.4 Å². The first-order valence-corrected chi connectivity index (χ1v) is 9.91. The number of H-pyrrole nitrogens is 1. The number of hydrogen-bond acceptors (Lipinski definition) is 3. The Hall–Kier alpha value is -2.44. The first-order chi connectivity index (χ1) is 13.3. The third-order valence-electron chi connectivity index (χ3n) is 4.55. The highest BCUT2D eigenvalue weighted by atomic mass is 35.5. The molecule has 0 fully saturated rings. The number of amides is 1. The van der Waals surface area contributed by atoms with Crippen molar-refractivity contribution in [2.45, 2.75) is 33.4 Å². The Balaban J connectivity index is 1.82. The van der Waals surface area contributed by atoms with Crippen molar-refractivity contribution < 1.29 is 4.79 Å². The van der Waals surface area contributed by atoms with Crippen LogP contribution in [-0.2, 0) is 11.3 Å². The molecule has 1 heterocycles. The van der Waals surface area contributed by atoms with Gasteiger partial charge in [-0.2, -0.15) is 5.10 Å². The lowest BCUT2D eigenvalue weighted by atomic mass is 9.96. The molecule has 0 saturated heterocycles. The maximum absolute atomic E-state index is 12.8. The van der Waals surface area contributed by atoms with Gasteiger partial charge in [-0.15, -0.1) is 0 Å². The Bertz CT molecular complexity index is 1020. The Morgan fingerprint density at radius 3 is 2.61 bits per heavy atom. The van der Waals surface area contributed by atoms with E-state index in [1.165, 1.54) is 0 Å². The number of rotatable bonds is 6. The maximum Gasteiger partial charge on any atom is 0.240 e. The molecule has 2 aromatic carbocycles. The van der Waals surface area contributed by atoms with Gasteiger partial charge in [0.05, 0.1) is 6.04 Å². The first-order valence-electron chi connectivity index (χ1n) is 9.12. The summed E-state index contributed by atoms with van der Waals surface area (Å²) in [5.74, 6) is 0.746. The first kappa shape index (κ1) is 20.3. The molecule has 1 amide bonds. The SMILES string of the molecule is Cc1cccc(-c2n[nH]c(=S)n2CC(=O)NC(c2ccc(Cl)cc2)C(C)C)c1. The highest BCUT2D eigenvalue weighted by Gasteiger charge is 2.20. The van der Waals surface area contributed by atoms with Crippen LogP contribution in [0.4, 0.5) is 0 Å². The summed E-state index contributed by atoms with van der Waals surface area (Å²) in [7, 11) is 0. The van der Waals surface area contributed by atoms with Crippen molar-refractivity contribution in [1.82, 2.24) is 20.1 Å². The fraction of sp³-hybridized carbons (Fsp3) is 0.286. The quantitative estimate of drug-likeness (QED) is 0.552. The van der Waals surface area contributed by atoms with E-state index in [9.17, 15) is 4.79 Å². The van der Waals surface area contributed by atoms with Gasteiger partial charge in [0.2, 0.25) is 5.91 Å². The number of hydrogen-bond donors (Lipinski definition) is 2. The Morgan fingerprint density at radius 1 is 1.25 bits per heavy atom. The second kappa shape index (κ2) is 8.71. The third-order valence-corrected chi connectivity index (χ3v) is 5.11. The summed E-state index contributed by atoms with van der Waals surface area (Å²) in [6, 6.07) is 15.4. The minimum atomic E-state index is -0.125. The molecule has 0 aliphatic rings. The van der Waals surface area contributed by atoms with Gasteiger partial charge in [-0.1, -0.05) is 61.3 Å². The number of benzene rings is 2. The zero-order valence-corrected chi connectivity index (χ0v) is 17.6. The smallest absolute Gasteiger partial charge is 0.240 e. The molecule has 7 heteroatoms. The average Bonchev–Trinajstić information content (AvgIpc) is 3.01. The highest BCUT2D eigenvalue weighted by Crippen LogP contribution is 2.24. The summed E-state index contributed by atoms with van der Waals surface area (Å²) in [6.07, 6.45) is 0. The molecule has 0 saturated carbocycles. The molecule has 1 atom stereocenters. The van der Waals surface area contributed by atoms with Crippen molar-refractivity contribution in [2.24, 2.45) is 5.92 Å². The molecule has 0 spiro atoms. The maximum atomic E-state index is 12.8. The summed E-state index contributed by atoms with van der Waals surface area (Å²) in [5.41, 5.74) is 3.05. The Labute approximate surface area is 174 Å². The van der Waals surface area contributed by atoms with Gasteiger partial charge in [-0.05, 0) is 48.8 Å². The number of aromatic amines is 1. The van der Waals surface area contributed by atoms with Gasteiger partial charge in [0, 0.05) is 10.6 Å². The fourth-order valence-electron chi connectivity index (χ4n) is 3.14. The zero-order valence-electron chi connectivity index (χ0n) is 16.1. The average molecular weight is 415 g/mol. The Kier molecular flexibility index (Phi) is 6.31. The number of halogens is 1. The highest BCUT2D eigenvalue weighted by molar-refractivity contribution is 7.71. The molecule has 1 aromatic heterocycles. The van der Waals surface area contributed by atoms with Crippen molar-refractivity contribution in [2.75, 3.05) is 0 Å². The van der Waals surface area contributed by atoms with Gasteiger partial charge < -0.3 is 5.32 Å². The molecule has 0 bridgehead atoms. The lowest BCUT2D eigenvalue weighted by Crippen LogP contribution is -2.34. The number of aryl methyl sites for hydroxylation is 1. The van der Waals surface area contributed by atoms with Gasteiger partial charge in [-0.25, -0.2) is 0 Å². The molecular formula is C21H23ClN4OS. The molecule has 28 heavy (non-hydrogen) atoms. The molecule has 3 rings (SSSR count). The number of nitrogens with zero attached hydrogens (tertiary/aromatic N) is 2. The van der Waals surface area contributed by atoms with Crippen LogP contribution in [0.3, 0.4) is 0 Å². The molecule has 0 aliphatic carbocycles. The largest absolute Gasteiger partial charge is 0.347 e. The van der Waals surface area contributed by atoms with E-state index < -0.39 is 0 Å². The molecule has 2 N–H and O–H groups in total. The van der Waals surface area contributed by atoms with E-state index in [1.54, 1.807) is 4.57 Å². The van der Waals surface area contributed by atoms with Gasteiger partial charge in [0.1, 0.15) is 6.54 Å². The normalized spacial score (nSPS) is 12.2. The number of nitrogens with one attached hydrogen (secondary N) is 2. The molecule has 1 unspecified atom stereocenters. The van der Waals surface area contributed by atoms with Crippen molar-refractivity contribution in [3.05, 3.63) is 69.5 Å². The van der Waals surface area contributed by atoms with Crippen LogP contribution >= 0.6 is 23.8 Å².